The molecule has 0 spiro atoms. The minimum absolute atomic E-state index is 0.242. The number of carbonyl (C=O) groups is 1. The Morgan fingerprint density at radius 1 is 1.20 bits per heavy atom. The molecule has 0 aliphatic carbocycles. The molecule has 0 fully saturated rings. The monoisotopic (exact) mass is 281 g/mol. The second-order valence-corrected chi connectivity index (χ2v) is 6.09. The highest BCUT2D eigenvalue weighted by Gasteiger charge is 2.15. The molecule has 116 valence electrons. The van der Waals surface area contributed by atoms with E-state index in [9.17, 15) is 9.90 Å². The van der Waals surface area contributed by atoms with Gasteiger partial charge >= 0.3 is 5.97 Å². The lowest BCUT2D eigenvalue weighted by atomic mass is 9.97. The molecule has 0 aromatic heterocycles. The van der Waals surface area contributed by atoms with E-state index >= 15 is 0 Å². The van der Waals surface area contributed by atoms with Crippen LogP contribution in [0.2, 0.25) is 0 Å². The van der Waals surface area contributed by atoms with Crippen molar-refractivity contribution >= 4 is 5.97 Å². The smallest absolute Gasteiger partial charge is 0.306 e. The van der Waals surface area contributed by atoms with Gasteiger partial charge in [-0.25, -0.2) is 0 Å². The van der Waals surface area contributed by atoms with E-state index in [0.29, 0.717) is 6.42 Å². The summed E-state index contributed by atoms with van der Waals surface area (Å²) in [6, 6.07) is 0. The van der Waals surface area contributed by atoms with Gasteiger partial charge in [0.2, 0.25) is 0 Å². The van der Waals surface area contributed by atoms with Gasteiger partial charge in [-0.2, -0.15) is 0 Å². The molecule has 0 heterocycles. The van der Waals surface area contributed by atoms with E-state index in [-0.39, 0.29) is 5.92 Å². The van der Waals surface area contributed by atoms with Gasteiger partial charge in [0.15, 0.2) is 0 Å². The Balaban J connectivity index is 4.17. The molecule has 20 heavy (non-hydrogen) atoms. The summed E-state index contributed by atoms with van der Waals surface area (Å²) in [5.74, 6) is -0.912. The zero-order valence-corrected chi connectivity index (χ0v) is 13.8. The van der Waals surface area contributed by atoms with Crippen molar-refractivity contribution in [3.63, 3.8) is 0 Å². The summed E-state index contributed by atoms with van der Waals surface area (Å²) >= 11 is 0. The third-order valence-electron chi connectivity index (χ3n) is 3.35. The average molecular weight is 281 g/mol. The fourth-order valence-electron chi connectivity index (χ4n) is 2.03. The van der Waals surface area contributed by atoms with E-state index in [4.69, 9.17) is 0 Å². The number of carboxylic acid groups (broad SMARTS) is 1. The van der Waals surface area contributed by atoms with Crippen molar-refractivity contribution in [3.05, 3.63) is 23.3 Å². The lowest BCUT2D eigenvalue weighted by Gasteiger charge is -2.13. The minimum atomic E-state index is -0.669. The first-order valence-electron chi connectivity index (χ1n) is 7.49. The molecule has 0 radical (unpaired) electrons. The van der Waals surface area contributed by atoms with Crippen molar-refractivity contribution in [3.8, 4) is 0 Å². The molecule has 0 bridgehead atoms. The number of rotatable bonds is 10. The summed E-state index contributed by atoms with van der Waals surface area (Å²) in [7, 11) is 4.03. The largest absolute Gasteiger partial charge is 0.481 e. The Morgan fingerprint density at radius 3 is 2.35 bits per heavy atom. The maximum atomic E-state index is 11.2. The van der Waals surface area contributed by atoms with Gasteiger partial charge in [-0.05, 0) is 73.5 Å². The zero-order valence-electron chi connectivity index (χ0n) is 13.8. The molecule has 0 aromatic rings. The van der Waals surface area contributed by atoms with E-state index in [1.165, 1.54) is 11.1 Å². The molecular formula is C17H31NO2. The highest BCUT2D eigenvalue weighted by atomic mass is 16.4. The zero-order chi connectivity index (χ0) is 15.5. The van der Waals surface area contributed by atoms with E-state index in [0.717, 1.165) is 32.2 Å². The Morgan fingerprint density at radius 2 is 1.85 bits per heavy atom. The molecular weight excluding hydrogens is 250 g/mol. The summed E-state index contributed by atoms with van der Waals surface area (Å²) in [4.78, 5) is 13.3. The van der Waals surface area contributed by atoms with Crippen LogP contribution in [-0.4, -0.2) is 36.6 Å². The van der Waals surface area contributed by atoms with Gasteiger partial charge in [0, 0.05) is 0 Å². The number of carboxylic acids is 1. The van der Waals surface area contributed by atoms with Crippen molar-refractivity contribution in [2.75, 3.05) is 20.6 Å². The quantitative estimate of drug-likeness (QED) is 0.613. The summed E-state index contributed by atoms with van der Waals surface area (Å²) in [6.07, 6.45) is 8.75. The fourth-order valence-corrected chi connectivity index (χ4v) is 2.03. The Hall–Kier alpha value is -1.09. The third kappa shape index (κ3) is 10.8. The summed E-state index contributed by atoms with van der Waals surface area (Å²) in [6.45, 7) is 7.25. The van der Waals surface area contributed by atoms with Crippen molar-refractivity contribution in [2.45, 2.75) is 52.9 Å². The van der Waals surface area contributed by atoms with Crippen molar-refractivity contribution < 1.29 is 9.90 Å². The van der Waals surface area contributed by atoms with E-state index < -0.39 is 5.97 Å². The maximum absolute atomic E-state index is 11.2. The fraction of sp³-hybridized carbons (Fsp3) is 0.706. The van der Waals surface area contributed by atoms with Gasteiger partial charge in [-0.1, -0.05) is 23.3 Å². The lowest BCUT2D eigenvalue weighted by molar-refractivity contribution is -0.141. The van der Waals surface area contributed by atoms with Crippen LogP contribution in [0, 0.1) is 5.92 Å². The van der Waals surface area contributed by atoms with Gasteiger partial charge in [-0.3, -0.25) is 4.79 Å². The van der Waals surface area contributed by atoms with Gasteiger partial charge < -0.3 is 10.0 Å². The van der Waals surface area contributed by atoms with Gasteiger partial charge in [0.25, 0.3) is 0 Å². The molecule has 3 heteroatoms. The number of aliphatic carboxylic acids is 1. The average Bonchev–Trinajstić information content (AvgIpc) is 2.32. The first kappa shape index (κ1) is 18.9. The standard InChI is InChI=1S/C17H31NO2/c1-14(2)8-6-9-15(3)11-12-16(17(19)20)10-7-13-18(4)5/h8,11,16H,6-7,9-10,12-13H2,1-5H3,(H,19,20)/b15-11+. The Kier molecular flexibility index (Phi) is 10.1. The minimum Gasteiger partial charge on any atom is -0.481 e. The van der Waals surface area contributed by atoms with Crippen LogP contribution in [0.4, 0.5) is 0 Å². The maximum Gasteiger partial charge on any atom is 0.306 e. The number of allylic oxidation sites excluding steroid dienone is 4. The molecule has 0 rings (SSSR count). The molecule has 0 amide bonds. The summed E-state index contributed by atoms with van der Waals surface area (Å²) in [5.41, 5.74) is 2.63. The van der Waals surface area contributed by atoms with E-state index in [1.54, 1.807) is 0 Å². The predicted molar refractivity (Wildman–Crippen MR) is 86.0 cm³/mol. The summed E-state index contributed by atoms with van der Waals surface area (Å²) in [5, 5.41) is 9.25. The van der Waals surface area contributed by atoms with Gasteiger partial charge in [0.05, 0.1) is 5.92 Å². The van der Waals surface area contributed by atoms with Crippen LogP contribution in [0.3, 0.4) is 0 Å². The molecule has 1 N–H and O–H groups in total. The van der Waals surface area contributed by atoms with Crippen molar-refractivity contribution in [1.29, 1.82) is 0 Å². The second kappa shape index (κ2) is 10.7. The lowest BCUT2D eigenvalue weighted by Crippen LogP contribution is -2.18. The van der Waals surface area contributed by atoms with E-state index in [1.807, 2.05) is 14.1 Å². The first-order chi connectivity index (χ1) is 9.32. The van der Waals surface area contributed by atoms with Crippen LogP contribution in [-0.2, 0) is 4.79 Å². The van der Waals surface area contributed by atoms with Crippen LogP contribution >= 0.6 is 0 Å². The normalized spacial score (nSPS) is 13.4. The van der Waals surface area contributed by atoms with Crippen LogP contribution in [0.15, 0.2) is 23.3 Å². The highest BCUT2D eigenvalue weighted by Crippen LogP contribution is 2.16. The SMILES string of the molecule is CC(C)=CCC/C(C)=C/CC(CCCN(C)C)C(=O)O. The van der Waals surface area contributed by atoms with Crippen LogP contribution in [0.5, 0.6) is 0 Å². The van der Waals surface area contributed by atoms with Crippen LogP contribution in [0.25, 0.3) is 0 Å². The first-order valence-corrected chi connectivity index (χ1v) is 7.49. The third-order valence-corrected chi connectivity index (χ3v) is 3.35. The molecule has 0 saturated heterocycles. The summed E-state index contributed by atoms with van der Waals surface area (Å²) < 4.78 is 0. The Labute approximate surface area is 124 Å². The molecule has 3 nitrogen and oxygen atoms in total. The second-order valence-electron chi connectivity index (χ2n) is 6.09. The van der Waals surface area contributed by atoms with E-state index in [2.05, 4.69) is 37.8 Å². The van der Waals surface area contributed by atoms with Crippen LogP contribution < -0.4 is 0 Å². The molecule has 0 aliphatic heterocycles. The number of nitrogens with zero attached hydrogens (tertiary/aromatic N) is 1. The van der Waals surface area contributed by atoms with Gasteiger partial charge in [-0.15, -0.1) is 0 Å². The molecule has 0 aromatic carbocycles. The van der Waals surface area contributed by atoms with Crippen molar-refractivity contribution in [1.82, 2.24) is 4.90 Å². The van der Waals surface area contributed by atoms with Crippen molar-refractivity contribution in [2.24, 2.45) is 5.92 Å². The molecule has 0 aliphatic rings. The highest BCUT2D eigenvalue weighted by molar-refractivity contribution is 5.70. The molecule has 0 saturated carbocycles. The Bertz CT molecular complexity index is 339. The molecule has 1 unspecified atom stereocenters. The van der Waals surface area contributed by atoms with Gasteiger partial charge in [0.1, 0.15) is 0 Å². The van der Waals surface area contributed by atoms with Crippen LogP contribution in [0.1, 0.15) is 52.9 Å². The number of hydrogen-bond acceptors (Lipinski definition) is 2. The molecule has 1 atom stereocenters. The topological polar surface area (TPSA) is 40.5 Å². The number of hydrogen-bond donors (Lipinski definition) is 1. The predicted octanol–water partition coefficient (Wildman–Crippen LogP) is 4.11.